The van der Waals surface area contributed by atoms with E-state index in [9.17, 15) is 9.59 Å². The van der Waals surface area contributed by atoms with Gasteiger partial charge in [-0.25, -0.2) is 4.68 Å². The molecule has 0 saturated heterocycles. The summed E-state index contributed by atoms with van der Waals surface area (Å²) >= 11 is 1.60. The number of carbonyl (C=O) groups excluding carboxylic acids is 1. The molecule has 0 bridgehead atoms. The molecule has 0 aliphatic carbocycles. The van der Waals surface area contributed by atoms with Gasteiger partial charge in [0, 0.05) is 24.9 Å². The monoisotopic (exact) mass is 346 g/mol. The molecule has 0 atom stereocenters. The fourth-order valence-electron chi connectivity index (χ4n) is 3.00. The van der Waals surface area contributed by atoms with E-state index < -0.39 is 0 Å². The Morgan fingerprint density at radius 1 is 1.29 bits per heavy atom. The third kappa shape index (κ3) is 2.73. The minimum Gasteiger partial charge on any atom is -0.342 e. The molecule has 3 rings (SSSR count). The molecule has 0 aliphatic rings. The predicted octanol–water partition coefficient (Wildman–Crippen LogP) is 2.53. The maximum absolute atomic E-state index is 12.8. The van der Waals surface area contributed by atoms with Crippen molar-refractivity contribution in [3.63, 3.8) is 0 Å². The van der Waals surface area contributed by atoms with Gasteiger partial charge in [0.15, 0.2) is 0 Å². The fourth-order valence-corrected chi connectivity index (χ4v) is 3.91. The number of aromatic nitrogens is 3. The standard InChI is InChI=1S/C17H22N4O2S/c1-4-7-14-18-20(11-15(22)19(5-2)6-3)16(23)13-10-12-8-9-24-17(12)21(13)14/h8-10H,4-7,11H2,1-3H3. The van der Waals surface area contributed by atoms with Crippen LogP contribution in [0, 0.1) is 0 Å². The van der Waals surface area contributed by atoms with E-state index in [2.05, 4.69) is 12.0 Å². The Labute approximate surface area is 144 Å². The summed E-state index contributed by atoms with van der Waals surface area (Å²) in [5.74, 6) is 0.756. The Hall–Kier alpha value is -2.15. The Kier molecular flexibility index (Phi) is 4.71. The quantitative estimate of drug-likeness (QED) is 0.689. The normalized spacial score (nSPS) is 11.5. The molecule has 128 valence electrons. The smallest absolute Gasteiger partial charge is 0.291 e. The average molecular weight is 346 g/mol. The van der Waals surface area contributed by atoms with Gasteiger partial charge in [-0.1, -0.05) is 6.92 Å². The van der Waals surface area contributed by atoms with Crippen molar-refractivity contribution in [3.8, 4) is 0 Å². The first-order chi connectivity index (χ1) is 11.6. The first-order valence-electron chi connectivity index (χ1n) is 8.37. The van der Waals surface area contributed by atoms with Crippen molar-refractivity contribution < 1.29 is 4.79 Å². The van der Waals surface area contributed by atoms with Gasteiger partial charge in [-0.2, -0.15) is 5.10 Å². The maximum atomic E-state index is 12.8. The summed E-state index contributed by atoms with van der Waals surface area (Å²) in [6, 6.07) is 3.90. The molecule has 0 radical (unpaired) electrons. The van der Waals surface area contributed by atoms with Crippen molar-refractivity contribution in [3.05, 3.63) is 33.7 Å². The molecule has 0 N–H and O–H groups in total. The van der Waals surface area contributed by atoms with Gasteiger partial charge in [0.25, 0.3) is 5.56 Å². The van der Waals surface area contributed by atoms with Crippen molar-refractivity contribution in [2.24, 2.45) is 0 Å². The van der Waals surface area contributed by atoms with Crippen molar-refractivity contribution in [1.29, 1.82) is 0 Å². The summed E-state index contributed by atoms with van der Waals surface area (Å²) in [6.07, 6.45) is 1.69. The zero-order chi connectivity index (χ0) is 17.3. The summed E-state index contributed by atoms with van der Waals surface area (Å²) in [7, 11) is 0. The van der Waals surface area contributed by atoms with E-state index in [1.165, 1.54) is 4.68 Å². The van der Waals surface area contributed by atoms with Crippen LogP contribution < -0.4 is 5.56 Å². The van der Waals surface area contributed by atoms with Crippen molar-refractivity contribution in [1.82, 2.24) is 19.1 Å². The number of likely N-dealkylation sites (N-methyl/N-ethyl adjacent to an activating group) is 1. The Morgan fingerprint density at radius 3 is 2.71 bits per heavy atom. The molecule has 6 nitrogen and oxygen atoms in total. The minimum absolute atomic E-state index is 0.00738. The van der Waals surface area contributed by atoms with Crippen LogP contribution >= 0.6 is 11.3 Å². The molecule has 24 heavy (non-hydrogen) atoms. The summed E-state index contributed by atoms with van der Waals surface area (Å²) in [5.41, 5.74) is 0.390. The molecule has 3 aromatic rings. The van der Waals surface area contributed by atoms with E-state index in [1.54, 1.807) is 16.2 Å². The largest absolute Gasteiger partial charge is 0.342 e. The molecule has 3 heterocycles. The van der Waals surface area contributed by atoms with Gasteiger partial charge in [-0.3, -0.25) is 14.0 Å². The zero-order valence-corrected chi connectivity index (χ0v) is 15.1. The van der Waals surface area contributed by atoms with Gasteiger partial charge in [0.1, 0.15) is 22.7 Å². The lowest BCUT2D eigenvalue weighted by molar-refractivity contribution is -0.131. The fraction of sp³-hybridized carbons (Fsp3) is 0.471. The van der Waals surface area contributed by atoms with Crippen LogP contribution in [0.15, 0.2) is 22.3 Å². The molecular weight excluding hydrogens is 324 g/mol. The lowest BCUT2D eigenvalue weighted by Gasteiger charge is -2.19. The van der Waals surface area contributed by atoms with Gasteiger partial charge in [0.2, 0.25) is 5.91 Å². The average Bonchev–Trinajstić information content (AvgIpc) is 3.14. The number of thiophene rings is 1. The second-order valence-electron chi connectivity index (χ2n) is 5.74. The van der Waals surface area contributed by atoms with Gasteiger partial charge >= 0.3 is 0 Å². The van der Waals surface area contributed by atoms with E-state index >= 15 is 0 Å². The molecule has 0 unspecified atom stereocenters. The highest BCUT2D eigenvalue weighted by atomic mass is 32.1. The summed E-state index contributed by atoms with van der Waals surface area (Å²) in [6.45, 7) is 7.21. The molecule has 0 saturated carbocycles. The lowest BCUT2D eigenvalue weighted by atomic mass is 10.3. The highest BCUT2D eigenvalue weighted by Gasteiger charge is 2.18. The first kappa shape index (κ1) is 16.7. The number of amides is 1. The lowest BCUT2D eigenvalue weighted by Crippen LogP contribution is -2.38. The third-order valence-electron chi connectivity index (χ3n) is 4.23. The van der Waals surface area contributed by atoms with Gasteiger partial charge < -0.3 is 4.90 Å². The topological polar surface area (TPSA) is 59.6 Å². The number of fused-ring (bicyclic) bond motifs is 3. The van der Waals surface area contributed by atoms with Crippen LogP contribution in [-0.4, -0.2) is 38.1 Å². The molecule has 1 amide bonds. The third-order valence-corrected chi connectivity index (χ3v) is 5.15. The Bertz CT molecular complexity index is 933. The second kappa shape index (κ2) is 6.76. The van der Waals surface area contributed by atoms with Crippen LogP contribution in [0.4, 0.5) is 0 Å². The van der Waals surface area contributed by atoms with Crippen LogP contribution in [0.3, 0.4) is 0 Å². The van der Waals surface area contributed by atoms with Crippen LogP contribution in [0.1, 0.15) is 33.0 Å². The number of hydrogen-bond acceptors (Lipinski definition) is 4. The number of carbonyl (C=O) groups is 1. The number of hydrogen-bond donors (Lipinski definition) is 0. The van der Waals surface area contributed by atoms with Gasteiger partial charge in [-0.15, -0.1) is 11.3 Å². The molecule has 0 aliphatic heterocycles. The second-order valence-corrected chi connectivity index (χ2v) is 6.64. The number of nitrogens with zero attached hydrogens (tertiary/aromatic N) is 4. The van der Waals surface area contributed by atoms with E-state index in [4.69, 9.17) is 0 Å². The van der Waals surface area contributed by atoms with E-state index in [0.29, 0.717) is 18.6 Å². The van der Waals surface area contributed by atoms with Gasteiger partial charge in [-0.05, 0) is 37.8 Å². The molecule has 7 heteroatoms. The van der Waals surface area contributed by atoms with Crippen molar-refractivity contribution >= 4 is 33.0 Å². The number of rotatable bonds is 6. The maximum Gasteiger partial charge on any atom is 0.291 e. The summed E-state index contributed by atoms with van der Waals surface area (Å²) in [4.78, 5) is 27.9. The summed E-state index contributed by atoms with van der Waals surface area (Å²) in [5, 5.41) is 7.57. The molecule has 0 fully saturated rings. The molecule has 0 spiro atoms. The van der Waals surface area contributed by atoms with Crippen LogP contribution in [0.5, 0.6) is 0 Å². The highest BCUT2D eigenvalue weighted by Crippen LogP contribution is 2.25. The van der Waals surface area contributed by atoms with Crippen LogP contribution in [0.25, 0.3) is 15.7 Å². The van der Waals surface area contributed by atoms with E-state index in [0.717, 1.165) is 28.9 Å². The first-order valence-corrected chi connectivity index (χ1v) is 9.25. The van der Waals surface area contributed by atoms with Crippen molar-refractivity contribution in [2.75, 3.05) is 13.1 Å². The van der Waals surface area contributed by atoms with Crippen LogP contribution in [0.2, 0.25) is 0 Å². The van der Waals surface area contributed by atoms with Crippen molar-refractivity contribution in [2.45, 2.75) is 40.2 Å². The molecule has 0 aromatic carbocycles. The summed E-state index contributed by atoms with van der Waals surface area (Å²) < 4.78 is 3.27. The van der Waals surface area contributed by atoms with Gasteiger partial charge in [0.05, 0.1) is 0 Å². The highest BCUT2D eigenvalue weighted by molar-refractivity contribution is 7.16. The predicted molar refractivity (Wildman–Crippen MR) is 96.8 cm³/mol. The number of aryl methyl sites for hydroxylation is 1. The van der Waals surface area contributed by atoms with E-state index in [-0.39, 0.29) is 18.0 Å². The zero-order valence-electron chi connectivity index (χ0n) is 14.3. The van der Waals surface area contributed by atoms with Crippen LogP contribution in [-0.2, 0) is 17.8 Å². The Balaban J connectivity index is 2.13. The molecule has 3 aromatic heterocycles. The van der Waals surface area contributed by atoms with E-state index in [1.807, 2.05) is 35.8 Å². The Morgan fingerprint density at radius 2 is 2.04 bits per heavy atom. The minimum atomic E-state index is -0.209. The SMILES string of the molecule is CCCc1nn(CC(=O)N(CC)CC)c(=O)c2cc3ccsc3n12. The molecular formula is C17H22N4O2S.